The molecule has 3 aromatic rings. The first-order valence-corrected chi connectivity index (χ1v) is 10.9. The highest BCUT2D eigenvalue weighted by Gasteiger charge is 2.27. The van der Waals surface area contributed by atoms with Crippen LogP contribution in [0.5, 0.6) is 5.88 Å². The molecule has 4 rings (SSSR count). The summed E-state index contributed by atoms with van der Waals surface area (Å²) in [5, 5.41) is 10.5. The SMILES string of the molecule is CCc1ccccc1C(=O)c1ccc(N2CCC(Oc3ncccc3Cl)C2)c(CO)c1. The van der Waals surface area contributed by atoms with E-state index in [4.69, 9.17) is 16.3 Å². The van der Waals surface area contributed by atoms with E-state index in [1.807, 2.05) is 43.3 Å². The zero-order valence-electron chi connectivity index (χ0n) is 17.4. The predicted molar refractivity (Wildman–Crippen MR) is 122 cm³/mol. The van der Waals surface area contributed by atoms with Gasteiger partial charge in [-0.15, -0.1) is 0 Å². The van der Waals surface area contributed by atoms with Gasteiger partial charge in [0.1, 0.15) is 11.1 Å². The van der Waals surface area contributed by atoms with Gasteiger partial charge in [0, 0.05) is 41.5 Å². The van der Waals surface area contributed by atoms with E-state index in [1.54, 1.807) is 24.4 Å². The maximum absolute atomic E-state index is 13.1. The normalized spacial score (nSPS) is 15.8. The van der Waals surface area contributed by atoms with Crippen LogP contribution in [0.25, 0.3) is 0 Å². The minimum Gasteiger partial charge on any atom is -0.471 e. The van der Waals surface area contributed by atoms with Gasteiger partial charge in [0.25, 0.3) is 0 Å². The molecule has 1 aromatic heterocycles. The summed E-state index contributed by atoms with van der Waals surface area (Å²) in [4.78, 5) is 19.4. The number of ketones is 1. The Bertz CT molecular complexity index is 1090. The zero-order valence-corrected chi connectivity index (χ0v) is 18.2. The highest BCUT2D eigenvalue weighted by atomic mass is 35.5. The highest BCUT2D eigenvalue weighted by Crippen LogP contribution is 2.30. The first-order chi connectivity index (χ1) is 15.1. The molecule has 1 fully saturated rings. The number of nitrogens with zero attached hydrogens (tertiary/aromatic N) is 2. The average molecular weight is 437 g/mol. The summed E-state index contributed by atoms with van der Waals surface area (Å²) >= 11 is 6.16. The second-order valence-electron chi connectivity index (χ2n) is 7.61. The van der Waals surface area contributed by atoms with Gasteiger partial charge in [-0.25, -0.2) is 4.98 Å². The Morgan fingerprint density at radius 2 is 2.03 bits per heavy atom. The van der Waals surface area contributed by atoms with E-state index in [0.29, 0.717) is 28.6 Å². The number of aliphatic hydroxyl groups excluding tert-OH is 1. The first kappa shape index (κ1) is 21.3. The van der Waals surface area contributed by atoms with E-state index in [9.17, 15) is 9.90 Å². The van der Waals surface area contributed by atoms with Gasteiger partial charge < -0.3 is 14.7 Å². The van der Waals surface area contributed by atoms with E-state index in [0.717, 1.165) is 36.2 Å². The molecule has 0 saturated carbocycles. The van der Waals surface area contributed by atoms with Crippen molar-refractivity contribution in [3.8, 4) is 5.88 Å². The summed E-state index contributed by atoms with van der Waals surface area (Å²) in [5.74, 6) is 0.417. The molecule has 31 heavy (non-hydrogen) atoms. The predicted octanol–water partition coefficient (Wildman–Crippen LogP) is 4.68. The molecule has 1 saturated heterocycles. The van der Waals surface area contributed by atoms with E-state index < -0.39 is 0 Å². The molecule has 1 N–H and O–H groups in total. The van der Waals surface area contributed by atoms with Crippen LogP contribution in [0.4, 0.5) is 5.69 Å². The van der Waals surface area contributed by atoms with Crippen molar-refractivity contribution in [2.24, 2.45) is 0 Å². The standard InChI is InChI=1S/C25H25ClN2O3/c1-2-17-6-3-4-7-21(17)24(30)18-9-10-23(19(14-18)16-29)28-13-11-20(15-28)31-25-22(26)8-5-12-27-25/h3-10,12,14,20,29H,2,11,13,15-16H2,1H3. The lowest BCUT2D eigenvalue weighted by Crippen LogP contribution is -2.25. The summed E-state index contributed by atoms with van der Waals surface area (Å²) in [5.41, 5.74) is 3.97. The number of aryl methyl sites for hydroxylation is 1. The molecule has 160 valence electrons. The fourth-order valence-corrected chi connectivity index (χ4v) is 4.19. The second-order valence-corrected chi connectivity index (χ2v) is 8.01. The lowest BCUT2D eigenvalue weighted by Gasteiger charge is -2.22. The molecule has 0 aliphatic carbocycles. The first-order valence-electron chi connectivity index (χ1n) is 10.5. The molecule has 0 radical (unpaired) electrons. The monoisotopic (exact) mass is 436 g/mol. The van der Waals surface area contributed by atoms with Crippen molar-refractivity contribution in [2.45, 2.75) is 32.5 Å². The third kappa shape index (κ3) is 4.58. The second kappa shape index (κ2) is 9.50. The maximum Gasteiger partial charge on any atom is 0.232 e. The third-order valence-corrected chi connectivity index (χ3v) is 5.93. The molecule has 2 aromatic carbocycles. The minimum absolute atomic E-state index is 0.0221. The molecular formula is C25H25ClN2O3. The summed E-state index contributed by atoms with van der Waals surface area (Å²) in [7, 11) is 0. The van der Waals surface area contributed by atoms with Gasteiger partial charge in [-0.3, -0.25) is 4.79 Å². The molecule has 6 heteroatoms. The number of hydrogen-bond acceptors (Lipinski definition) is 5. The molecule has 0 amide bonds. The smallest absolute Gasteiger partial charge is 0.232 e. The van der Waals surface area contributed by atoms with Crippen LogP contribution in [-0.4, -0.2) is 35.1 Å². The molecule has 1 aliphatic rings. The molecule has 2 heterocycles. The number of aliphatic hydroxyl groups is 1. The Balaban J connectivity index is 1.52. The molecule has 0 bridgehead atoms. The molecular weight excluding hydrogens is 412 g/mol. The van der Waals surface area contributed by atoms with Crippen LogP contribution < -0.4 is 9.64 Å². The average Bonchev–Trinajstić information content (AvgIpc) is 3.28. The van der Waals surface area contributed by atoms with Crippen LogP contribution in [0.3, 0.4) is 0 Å². The van der Waals surface area contributed by atoms with Crippen molar-refractivity contribution in [2.75, 3.05) is 18.0 Å². The Labute approximate surface area is 187 Å². The van der Waals surface area contributed by atoms with Crippen LogP contribution in [0.15, 0.2) is 60.8 Å². The van der Waals surface area contributed by atoms with Gasteiger partial charge >= 0.3 is 0 Å². The number of pyridine rings is 1. The van der Waals surface area contributed by atoms with Crippen molar-refractivity contribution in [3.05, 3.63) is 88.1 Å². The number of halogens is 1. The number of anilines is 1. The lowest BCUT2D eigenvalue weighted by atomic mass is 9.95. The number of aromatic nitrogens is 1. The number of hydrogen-bond donors (Lipinski definition) is 1. The van der Waals surface area contributed by atoms with E-state index in [1.165, 1.54) is 0 Å². The fourth-order valence-electron chi connectivity index (χ4n) is 4.03. The summed E-state index contributed by atoms with van der Waals surface area (Å²) < 4.78 is 5.98. The molecule has 0 spiro atoms. The Kier molecular flexibility index (Phi) is 6.54. The van der Waals surface area contributed by atoms with Gasteiger partial charge in [-0.2, -0.15) is 0 Å². The number of benzene rings is 2. The Morgan fingerprint density at radius 3 is 2.81 bits per heavy atom. The van der Waals surface area contributed by atoms with Crippen molar-refractivity contribution < 1.29 is 14.6 Å². The highest BCUT2D eigenvalue weighted by molar-refractivity contribution is 6.31. The van der Waals surface area contributed by atoms with Crippen LogP contribution in [0.1, 0.15) is 40.4 Å². The van der Waals surface area contributed by atoms with Crippen molar-refractivity contribution in [1.82, 2.24) is 4.98 Å². The van der Waals surface area contributed by atoms with Gasteiger partial charge in [-0.1, -0.05) is 42.8 Å². The van der Waals surface area contributed by atoms with Gasteiger partial charge in [-0.05, 0) is 42.3 Å². The largest absolute Gasteiger partial charge is 0.471 e. The Morgan fingerprint density at radius 1 is 1.19 bits per heavy atom. The molecule has 5 nitrogen and oxygen atoms in total. The van der Waals surface area contributed by atoms with E-state index >= 15 is 0 Å². The number of carbonyl (C=O) groups is 1. The molecule has 1 aliphatic heterocycles. The summed E-state index contributed by atoms with van der Waals surface area (Å²) in [6, 6.07) is 16.8. The minimum atomic E-state index is -0.139. The number of ether oxygens (including phenoxy) is 1. The van der Waals surface area contributed by atoms with Crippen LogP contribution in [0, 0.1) is 0 Å². The van der Waals surface area contributed by atoms with E-state index in [2.05, 4.69) is 9.88 Å². The third-order valence-electron chi connectivity index (χ3n) is 5.64. The summed E-state index contributed by atoms with van der Waals surface area (Å²) in [6.07, 6.45) is 3.23. The van der Waals surface area contributed by atoms with Crippen molar-refractivity contribution in [1.29, 1.82) is 0 Å². The topological polar surface area (TPSA) is 62.7 Å². The quantitative estimate of drug-likeness (QED) is 0.545. The molecule has 1 unspecified atom stereocenters. The zero-order chi connectivity index (χ0) is 21.8. The van der Waals surface area contributed by atoms with Crippen molar-refractivity contribution >= 4 is 23.1 Å². The Hall–Kier alpha value is -2.89. The van der Waals surface area contributed by atoms with E-state index in [-0.39, 0.29) is 18.5 Å². The van der Waals surface area contributed by atoms with Crippen LogP contribution in [-0.2, 0) is 13.0 Å². The van der Waals surface area contributed by atoms with Crippen molar-refractivity contribution in [3.63, 3.8) is 0 Å². The van der Waals surface area contributed by atoms with Gasteiger partial charge in [0.2, 0.25) is 5.88 Å². The van der Waals surface area contributed by atoms with Gasteiger partial charge in [0.15, 0.2) is 5.78 Å². The van der Waals surface area contributed by atoms with Gasteiger partial charge in [0.05, 0.1) is 13.2 Å². The summed E-state index contributed by atoms with van der Waals surface area (Å²) in [6.45, 7) is 3.35. The fraction of sp³-hybridized carbons (Fsp3) is 0.280. The van der Waals surface area contributed by atoms with Crippen LogP contribution in [0.2, 0.25) is 5.02 Å². The molecule has 1 atom stereocenters. The maximum atomic E-state index is 13.1. The lowest BCUT2D eigenvalue weighted by molar-refractivity contribution is 0.103. The van der Waals surface area contributed by atoms with Crippen LogP contribution >= 0.6 is 11.6 Å². The number of rotatable bonds is 7. The number of carbonyl (C=O) groups excluding carboxylic acids is 1.